The number of morpholine rings is 1. The molecule has 1 N–H and O–H groups in total. The Labute approximate surface area is 331 Å². The van der Waals surface area contributed by atoms with Crippen LogP contribution in [0.4, 0.5) is 5.69 Å². The van der Waals surface area contributed by atoms with Crippen LogP contribution in [0.15, 0.2) is 59.5 Å². The molecule has 1 saturated heterocycles. The molecule has 4 atom stereocenters. The second-order valence-electron chi connectivity index (χ2n) is 16.8. The van der Waals surface area contributed by atoms with Crippen LogP contribution < -0.4 is 9.62 Å². The summed E-state index contributed by atoms with van der Waals surface area (Å²) in [7, 11) is 0.484. The van der Waals surface area contributed by atoms with Crippen LogP contribution in [0.5, 0.6) is 0 Å². The van der Waals surface area contributed by atoms with Crippen molar-refractivity contribution in [3.63, 3.8) is 0 Å². The van der Waals surface area contributed by atoms with Gasteiger partial charge in [0.2, 0.25) is 0 Å². The smallest absolute Gasteiger partial charge is 0.303 e. The van der Waals surface area contributed by atoms with Crippen LogP contribution in [0.25, 0.3) is 5.57 Å². The Kier molecular flexibility index (Phi) is 10.6. The minimum atomic E-state index is -4.00. The number of carbonyl (C=O) groups excluding carboxylic acids is 2. The second-order valence-corrected chi connectivity index (χ2v) is 18.7. The SMILES string of the molecule is COC1=CC2C=C(c3c(C(=O)N4C[C@@H](C)O[C@@H](C)C4)c(C)nn3C3CCC3)CN3C(=C(C4CCCCC4)Cc4ccc(C(=O)NS(=O)(=O)N(C)C)cc43)C2C=C1. The van der Waals surface area contributed by atoms with E-state index in [1.54, 1.807) is 13.2 Å². The maximum Gasteiger partial charge on any atom is 0.303 e. The number of aryl methyl sites for hydroxylation is 1. The number of fused-ring (bicyclic) bond motifs is 5. The highest BCUT2D eigenvalue weighted by Crippen LogP contribution is 2.50. The highest BCUT2D eigenvalue weighted by Gasteiger charge is 2.42. The summed E-state index contributed by atoms with van der Waals surface area (Å²) in [6, 6.07) is 5.78. The fraction of sp³-hybridized carbons (Fsp3) is 0.558. The van der Waals surface area contributed by atoms with Gasteiger partial charge in [0.25, 0.3) is 11.8 Å². The summed E-state index contributed by atoms with van der Waals surface area (Å²) in [5.41, 5.74) is 8.15. The number of rotatable bonds is 8. The predicted molar refractivity (Wildman–Crippen MR) is 216 cm³/mol. The predicted octanol–water partition coefficient (Wildman–Crippen LogP) is 6.33. The first kappa shape index (κ1) is 38.7. The number of aromatic nitrogens is 2. The average molecular weight is 785 g/mol. The molecule has 2 amide bonds. The van der Waals surface area contributed by atoms with Crippen LogP contribution in [-0.4, -0.2) is 92.3 Å². The van der Waals surface area contributed by atoms with Crippen molar-refractivity contribution in [2.24, 2.45) is 17.8 Å². The molecule has 6 aliphatic rings. The van der Waals surface area contributed by atoms with Gasteiger partial charge in [0, 0.05) is 62.5 Å². The molecular formula is C43H56N6O6S. The zero-order valence-corrected chi connectivity index (χ0v) is 34.4. The summed E-state index contributed by atoms with van der Waals surface area (Å²) < 4.78 is 42.7. The normalized spacial score (nSPS) is 25.8. The van der Waals surface area contributed by atoms with Gasteiger partial charge in [-0.25, -0.2) is 4.72 Å². The Balaban J connectivity index is 1.31. The van der Waals surface area contributed by atoms with Gasteiger partial charge in [-0.2, -0.15) is 17.8 Å². The second kappa shape index (κ2) is 15.3. The number of nitrogens with zero attached hydrogens (tertiary/aromatic N) is 5. The van der Waals surface area contributed by atoms with Crippen LogP contribution in [0.3, 0.4) is 0 Å². The molecule has 3 aliphatic carbocycles. The minimum absolute atomic E-state index is 0.0238. The van der Waals surface area contributed by atoms with Crippen molar-refractivity contribution in [3.8, 4) is 0 Å². The molecule has 3 aliphatic heterocycles. The van der Waals surface area contributed by atoms with E-state index in [0.29, 0.717) is 31.1 Å². The Hall–Kier alpha value is -4.20. The monoisotopic (exact) mass is 784 g/mol. The van der Waals surface area contributed by atoms with Gasteiger partial charge in [0.1, 0.15) is 5.76 Å². The number of amides is 2. The largest absolute Gasteiger partial charge is 0.497 e. The molecule has 0 spiro atoms. The lowest BCUT2D eigenvalue weighted by Gasteiger charge is -2.42. The topological polar surface area (TPSA) is 126 Å². The minimum Gasteiger partial charge on any atom is -0.497 e. The lowest BCUT2D eigenvalue weighted by molar-refractivity contribution is -0.0586. The fourth-order valence-corrected chi connectivity index (χ4v) is 10.2. The fourth-order valence-electron chi connectivity index (χ4n) is 9.70. The molecule has 4 heterocycles. The number of nitrogens with one attached hydrogen (secondary N) is 1. The third kappa shape index (κ3) is 7.15. The van der Waals surface area contributed by atoms with Crippen LogP contribution in [0.1, 0.15) is 109 Å². The summed E-state index contributed by atoms with van der Waals surface area (Å²) in [5.74, 6) is 0.420. The summed E-state index contributed by atoms with van der Waals surface area (Å²) in [4.78, 5) is 32.7. The van der Waals surface area contributed by atoms with Gasteiger partial charge < -0.3 is 19.3 Å². The molecule has 2 saturated carbocycles. The molecule has 12 nitrogen and oxygen atoms in total. The average Bonchev–Trinajstić information content (AvgIpc) is 3.37. The van der Waals surface area contributed by atoms with Crippen molar-refractivity contribution in [3.05, 3.63) is 87.6 Å². The van der Waals surface area contributed by atoms with Gasteiger partial charge in [-0.05, 0) is 106 Å². The standard InChI is InChI=1S/C43H56N6O6S/c1-26-23-47(24-27(2)55-26)43(51)39-28(3)44-49(34-13-10-14-34)40(39)33-19-32-20-35(54-6)17-18-36(32)41-37(29-11-8-7-9-12-29)21-30-15-16-31(22-38(30)48(41)25-33)42(50)45-56(52,53)46(4)5/h15-20,22,26-27,29,32,34,36H,7-14,21,23-25H2,1-6H3,(H,45,50)/t26-,27+,32?,36?. The lowest BCUT2D eigenvalue weighted by Crippen LogP contribution is -2.48. The van der Waals surface area contributed by atoms with Crippen LogP contribution in [0, 0.1) is 24.7 Å². The molecule has 1 aromatic heterocycles. The third-order valence-electron chi connectivity index (χ3n) is 12.7. The molecular weight excluding hydrogens is 729 g/mol. The molecule has 56 heavy (non-hydrogen) atoms. The van der Waals surface area contributed by atoms with Gasteiger partial charge in [0.05, 0.1) is 42.3 Å². The summed E-state index contributed by atoms with van der Waals surface area (Å²) >= 11 is 0. The summed E-state index contributed by atoms with van der Waals surface area (Å²) in [6.07, 6.45) is 18.5. The Bertz CT molecular complexity index is 2130. The maximum absolute atomic E-state index is 14.8. The van der Waals surface area contributed by atoms with E-state index < -0.39 is 16.1 Å². The Morgan fingerprint density at radius 3 is 2.39 bits per heavy atom. The molecule has 300 valence electrons. The zero-order valence-electron chi connectivity index (χ0n) is 33.6. The molecule has 8 rings (SSSR count). The van der Waals surface area contributed by atoms with Crippen molar-refractivity contribution in [2.45, 2.75) is 96.8 Å². The third-order valence-corrected chi connectivity index (χ3v) is 14.1. The van der Waals surface area contributed by atoms with Gasteiger partial charge in [0.15, 0.2) is 0 Å². The van der Waals surface area contributed by atoms with Crippen LogP contribution in [0.2, 0.25) is 0 Å². The van der Waals surface area contributed by atoms with Crippen molar-refractivity contribution in [1.29, 1.82) is 0 Å². The van der Waals surface area contributed by atoms with E-state index in [9.17, 15) is 18.0 Å². The highest BCUT2D eigenvalue weighted by atomic mass is 32.2. The molecule has 1 aromatic carbocycles. The van der Waals surface area contributed by atoms with Crippen LogP contribution in [-0.2, 0) is 26.1 Å². The number of methoxy groups -OCH3 is 1. The number of hydrogen-bond donors (Lipinski definition) is 1. The Morgan fingerprint density at radius 2 is 1.73 bits per heavy atom. The number of ether oxygens (including phenoxy) is 2. The maximum atomic E-state index is 14.8. The van der Waals surface area contributed by atoms with Crippen molar-refractivity contribution in [2.75, 3.05) is 45.7 Å². The molecule has 2 aromatic rings. The number of benzene rings is 1. The molecule has 3 fully saturated rings. The highest BCUT2D eigenvalue weighted by molar-refractivity contribution is 7.87. The number of carbonyl (C=O) groups is 2. The van der Waals surface area contributed by atoms with E-state index in [-0.39, 0.29) is 41.6 Å². The quantitative estimate of drug-likeness (QED) is 0.330. The summed E-state index contributed by atoms with van der Waals surface area (Å²) in [6.45, 7) is 7.46. The van der Waals surface area contributed by atoms with Gasteiger partial charge in [-0.1, -0.05) is 37.5 Å². The van der Waals surface area contributed by atoms with Crippen molar-refractivity contribution in [1.82, 2.24) is 23.7 Å². The van der Waals surface area contributed by atoms with E-state index in [4.69, 9.17) is 14.6 Å². The molecule has 0 radical (unpaired) electrons. The van der Waals surface area contributed by atoms with Gasteiger partial charge in [-0.3, -0.25) is 14.3 Å². The van der Waals surface area contributed by atoms with E-state index in [2.05, 4.69) is 38.6 Å². The molecule has 13 heteroatoms. The van der Waals surface area contributed by atoms with Gasteiger partial charge in [-0.15, -0.1) is 0 Å². The van der Waals surface area contributed by atoms with Crippen LogP contribution >= 0.6 is 0 Å². The lowest BCUT2D eigenvalue weighted by atomic mass is 9.74. The van der Waals surface area contributed by atoms with Crippen molar-refractivity contribution >= 4 is 33.3 Å². The molecule has 2 unspecified atom stereocenters. The number of anilines is 1. The first-order chi connectivity index (χ1) is 26.8. The number of allylic oxidation sites excluding steroid dienone is 5. The summed E-state index contributed by atoms with van der Waals surface area (Å²) in [5, 5.41) is 5.15. The molecule has 0 bridgehead atoms. The van der Waals surface area contributed by atoms with Gasteiger partial charge >= 0.3 is 10.2 Å². The first-order valence-corrected chi connectivity index (χ1v) is 21.8. The number of hydrogen-bond acceptors (Lipinski definition) is 8. The Morgan fingerprint density at radius 1 is 1.00 bits per heavy atom. The van der Waals surface area contributed by atoms with Crippen molar-refractivity contribution < 1.29 is 27.5 Å². The van der Waals surface area contributed by atoms with E-state index in [0.717, 1.165) is 76.8 Å². The zero-order chi connectivity index (χ0) is 39.5. The van der Waals surface area contributed by atoms with E-state index in [1.165, 1.54) is 44.6 Å². The first-order valence-electron chi connectivity index (χ1n) is 20.4. The van der Waals surface area contributed by atoms with E-state index >= 15 is 0 Å². The van der Waals surface area contributed by atoms with E-state index in [1.807, 2.05) is 37.8 Å².